The molecule has 1 saturated heterocycles. The van der Waals surface area contributed by atoms with Gasteiger partial charge in [0.05, 0.1) is 0 Å². The Balaban J connectivity index is 1.45. The summed E-state index contributed by atoms with van der Waals surface area (Å²) in [7, 11) is 0. The monoisotopic (exact) mass is 354 g/mol. The smallest absolute Gasteiger partial charge is 0.181 e. The van der Waals surface area contributed by atoms with E-state index in [9.17, 15) is 0 Å². The Morgan fingerprint density at radius 3 is 2.56 bits per heavy atom. The van der Waals surface area contributed by atoms with Gasteiger partial charge in [-0.25, -0.2) is 15.0 Å². The highest BCUT2D eigenvalue weighted by Crippen LogP contribution is 2.29. The fourth-order valence-electron chi connectivity index (χ4n) is 3.23. The van der Waals surface area contributed by atoms with Crippen molar-refractivity contribution >= 4 is 17.4 Å². The van der Waals surface area contributed by atoms with Crippen LogP contribution in [0.1, 0.15) is 30.4 Å². The molecule has 4 rings (SSSR count). The molecule has 1 fully saturated rings. The van der Waals surface area contributed by atoms with Crippen LogP contribution in [-0.2, 0) is 0 Å². The van der Waals surface area contributed by atoms with Gasteiger partial charge in [0, 0.05) is 30.6 Å². The van der Waals surface area contributed by atoms with Crippen molar-refractivity contribution in [3.8, 4) is 11.4 Å². The summed E-state index contributed by atoms with van der Waals surface area (Å²) in [6.07, 6.45) is 2.01. The summed E-state index contributed by atoms with van der Waals surface area (Å²) in [5.41, 5.74) is 1.04. The number of rotatable bonds is 3. The number of nitrogens with zero attached hydrogens (tertiary/aromatic N) is 5. The largest absolute Gasteiger partial charge is 0.356 e. The summed E-state index contributed by atoms with van der Waals surface area (Å²) in [6, 6.07) is 11.9. The van der Waals surface area contributed by atoms with E-state index < -0.39 is 0 Å². The molecule has 2 aromatic heterocycles. The first-order valence-electron chi connectivity index (χ1n) is 8.43. The van der Waals surface area contributed by atoms with Crippen LogP contribution in [0.15, 0.2) is 36.4 Å². The molecule has 0 spiro atoms. The molecule has 1 aromatic carbocycles. The molecule has 1 N–H and O–H groups in total. The summed E-state index contributed by atoms with van der Waals surface area (Å²) < 4.78 is 0. The Kier molecular flexibility index (Phi) is 4.36. The lowest BCUT2D eigenvalue weighted by Crippen LogP contribution is -2.34. The molecule has 3 heterocycles. The molecule has 1 aliphatic heterocycles. The summed E-state index contributed by atoms with van der Waals surface area (Å²) in [5.74, 6) is 3.72. The zero-order valence-electron chi connectivity index (χ0n) is 14.0. The average Bonchev–Trinajstić information content (AvgIpc) is 3.12. The van der Waals surface area contributed by atoms with Crippen molar-refractivity contribution in [2.45, 2.75) is 25.7 Å². The standard InChI is InChI=1S/C18H19ClN6/c1-12-20-15(19)11-16(21-12)25-9-7-14(8-10-25)18-22-17(23-24-18)13-5-3-2-4-6-13/h2-6,11,14H,7-10H2,1H3,(H,22,23,24). The minimum Gasteiger partial charge on any atom is -0.356 e. The maximum absolute atomic E-state index is 6.05. The van der Waals surface area contributed by atoms with E-state index in [4.69, 9.17) is 16.6 Å². The number of hydrogen-bond acceptors (Lipinski definition) is 5. The Morgan fingerprint density at radius 1 is 1.08 bits per heavy atom. The zero-order chi connectivity index (χ0) is 17.2. The Hall–Kier alpha value is -2.47. The molecule has 0 atom stereocenters. The van der Waals surface area contributed by atoms with E-state index in [1.165, 1.54) is 0 Å². The molecule has 0 unspecified atom stereocenters. The second-order valence-corrected chi connectivity index (χ2v) is 6.65. The minimum atomic E-state index is 0.389. The van der Waals surface area contributed by atoms with E-state index in [1.807, 2.05) is 43.3 Å². The average molecular weight is 355 g/mol. The third kappa shape index (κ3) is 3.49. The van der Waals surface area contributed by atoms with E-state index in [2.05, 4.69) is 25.1 Å². The van der Waals surface area contributed by atoms with Crippen molar-refractivity contribution in [3.63, 3.8) is 0 Å². The van der Waals surface area contributed by atoms with Gasteiger partial charge in [0.1, 0.15) is 22.6 Å². The lowest BCUT2D eigenvalue weighted by Gasteiger charge is -2.31. The quantitative estimate of drug-likeness (QED) is 0.727. The van der Waals surface area contributed by atoms with Crippen molar-refractivity contribution in [1.82, 2.24) is 25.1 Å². The van der Waals surface area contributed by atoms with E-state index in [0.29, 0.717) is 16.9 Å². The summed E-state index contributed by atoms with van der Waals surface area (Å²) >= 11 is 6.05. The van der Waals surface area contributed by atoms with Crippen LogP contribution in [0.25, 0.3) is 11.4 Å². The number of benzene rings is 1. The Bertz CT molecular complexity index is 835. The van der Waals surface area contributed by atoms with Gasteiger partial charge < -0.3 is 4.90 Å². The number of aromatic amines is 1. The van der Waals surface area contributed by atoms with Crippen molar-refractivity contribution < 1.29 is 0 Å². The molecule has 0 amide bonds. The van der Waals surface area contributed by atoms with Crippen LogP contribution in [-0.4, -0.2) is 38.2 Å². The van der Waals surface area contributed by atoms with Crippen molar-refractivity contribution in [3.05, 3.63) is 53.2 Å². The van der Waals surface area contributed by atoms with Gasteiger partial charge in [-0.15, -0.1) is 0 Å². The van der Waals surface area contributed by atoms with Crippen LogP contribution >= 0.6 is 11.6 Å². The molecule has 0 aliphatic carbocycles. The fourth-order valence-corrected chi connectivity index (χ4v) is 3.45. The lowest BCUT2D eigenvalue weighted by molar-refractivity contribution is 0.484. The summed E-state index contributed by atoms with van der Waals surface area (Å²) in [5, 5.41) is 7.99. The molecule has 0 bridgehead atoms. The highest BCUT2D eigenvalue weighted by Gasteiger charge is 2.24. The Morgan fingerprint density at radius 2 is 1.84 bits per heavy atom. The van der Waals surface area contributed by atoms with E-state index in [-0.39, 0.29) is 0 Å². The van der Waals surface area contributed by atoms with Gasteiger partial charge in [-0.1, -0.05) is 41.9 Å². The van der Waals surface area contributed by atoms with Gasteiger partial charge in [-0.2, -0.15) is 5.10 Å². The lowest BCUT2D eigenvalue weighted by atomic mass is 9.96. The molecule has 128 valence electrons. The molecule has 0 radical (unpaired) electrons. The molecule has 0 saturated carbocycles. The van der Waals surface area contributed by atoms with Gasteiger partial charge in [-0.05, 0) is 19.8 Å². The number of aryl methyl sites for hydroxylation is 1. The van der Waals surface area contributed by atoms with Gasteiger partial charge in [-0.3, -0.25) is 5.10 Å². The highest BCUT2D eigenvalue weighted by atomic mass is 35.5. The predicted molar refractivity (Wildman–Crippen MR) is 97.8 cm³/mol. The fraction of sp³-hybridized carbons (Fsp3) is 0.333. The van der Waals surface area contributed by atoms with Crippen LogP contribution in [0.3, 0.4) is 0 Å². The van der Waals surface area contributed by atoms with Crippen LogP contribution < -0.4 is 4.90 Å². The summed E-state index contributed by atoms with van der Waals surface area (Å²) in [4.78, 5) is 15.6. The first-order valence-corrected chi connectivity index (χ1v) is 8.81. The van der Waals surface area contributed by atoms with Crippen LogP contribution in [0, 0.1) is 6.92 Å². The first kappa shape index (κ1) is 16.0. The molecule has 7 heteroatoms. The Labute approximate surface area is 151 Å². The number of hydrogen-bond donors (Lipinski definition) is 1. The highest BCUT2D eigenvalue weighted by molar-refractivity contribution is 6.29. The zero-order valence-corrected chi connectivity index (χ0v) is 14.7. The predicted octanol–water partition coefficient (Wildman–Crippen LogP) is 3.61. The number of H-pyrrole nitrogens is 1. The van der Waals surface area contributed by atoms with Crippen molar-refractivity contribution in [2.24, 2.45) is 0 Å². The van der Waals surface area contributed by atoms with Gasteiger partial charge in [0.25, 0.3) is 0 Å². The number of piperidine rings is 1. The van der Waals surface area contributed by atoms with Crippen LogP contribution in [0.4, 0.5) is 5.82 Å². The van der Waals surface area contributed by atoms with E-state index in [0.717, 1.165) is 49.0 Å². The maximum Gasteiger partial charge on any atom is 0.181 e. The number of halogens is 1. The van der Waals surface area contributed by atoms with Crippen LogP contribution in [0.5, 0.6) is 0 Å². The minimum absolute atomic E-state index is 0.389. The van der Waals surface area contributed by atoms with Crippen LogP contribution in [0.2, 0.25) is 5.15 Å². The molecular formula is C18H19ClN6. The SMILES string of the molecule is Cc1nc(Cl)cc(N2CCC(c3nc(-c4ccccc4)n[nH]3)CC2)n1. The summed E-state index contributed by atoms with van der Waals surface area (Å²) in [6.45, 7) is 3.69. The van der Waals surface area contributed by atoms with Gasteiger partial charge in [0.15, 0.2) is 5.82 Å². The number of anilines is 1. The number of aromatic nitrogens is 5. The molecular weight excluding hydrogens is 336 g/mol. The second kappa shape index (κ2) is 6.80. The third-order valence-corrected chi connectivity index (χ3v) is 4.73. The van der Waals surface area contributed by atoms with E-state index in [1.54, 1.807) is 0 Å². The maximum atomic E-state index is 6.05. The third-order valence-electron chi connectivity index (χ3n) is 4.53. The number of nitrogens with one attached hydrogen (secondary N) is 1. The first-order chi connectivity index (χ1) is 12.2. The van der Waals surface area contributed by atoms with Gasteiger partial charge >= 0.3 is 0 Å². The van der Waals surface area contributed by atoms with Crippen molar-refractivity contribution in [1.29, 1.82) is 0 Å². The molecule has 1 aliphatic rings. The van der Waals surface area contributed by atoms with E-state index >= 15 is 0 Å². The normalized spacial score (nSPS) is 15.5. The molecule has 25 heavy (non-hydrogen) atoms. The molecule has 6 nitrogen and oxygen atoms in total. The van der Waals surface area contributed by atoms with Gasteiger partial charge in [0.2, 0.25) is 0 Å². The molecule has 3 aromatic rings. The van der Waals surface area contributed by atoms with Crippen molar-refractivity contribution in [2.75, 3.05) is 18.0 Å². The topological polar surface area (TPSA) is 70.6 Å². The second-order valence-electron chi connectivity index (χ2n) is 6.27.